The van der Waals surface area contributed by atoms with Gasteiger partial charge in [-0.3, -0.25) is 0 Å². The minimum absolute atomic E-state index is 0.000358. The van der Waals surface area contributed by atoms with Gasteiger partial charge in [0.25, 0.3) is 6.71 Å². The van der Waals surface area contributed by atoms with Crippen LogP contribution in [0.3, 0.4) is 0 Å². The number of fused-ring (bicyclic) bond motifs is 10. The molecule has 0 saturated carbocycles. The fourth-order valence-corrected chi connectivity index (χ4v) is 12.1. The van der Waals surface area contributed by atoms with Crippen LogP contribution in [0, 0.1) is 0 Å². The van der Waals surface area contributed by atoms with Gasteiger partial charge in [0.2, 0.25) is 0 Å². The lowest BCUT2D eigenvalue weighted by molar-refractivity contribution is 1.13. The summed E-state index contributed by atoms with van der Waals surface area (Å²) in [5.74, 6) is 0. The number of para-hydroxylation sites is 8. The van der Waals surface area contributed by atoms with Crippen molar-refractivity contribution < 1.29 is 0 Å². The van der Waals surface area contributed by atoms with E-state index in [0.29, 0.717) is 0 Å². The average Bonchev–Trinajstić information content (AvgIpc) is 3.96. The number of nitrogens with zero attached hydrogens (tertiary/aromatic N) is 5. The van der Waals surface area contributed by atoms with Crippen LogP contribution < -0.4 is 31.1 Å². The first kappa shape index (κ1) is 40.4. The van der Waals surface area contributed by atoms with Crippen molar-refractivity contribution in [3.05, 3.63) is 267 Å². The topological polar surface area (TPSA) is 19.6 Å². The third kappa shape index (κ3) is 6.02. The monoisotopic (exact) mass is 917 g/mol. The van der Waals surface area contributed by atoms with Crippen LogP contribution in [0.4, 0.5) is 51.2 Å². The Kier molecular flexibility index (Phi) is 8.99. The molecule has 2 aliphatic rings. The third-order valence-electron chi connectivity index (χ3n) is 15.0. The van der Waals surface area contributed by atoms with Crippen LogP contribution in [0.25, 0.3) is 55.0 Å². The predicted octanol–water partition coefficient (Wildman–Crippen LogP) is 15.4. The van der Waals surface area contributed by atoms with Gasteiger partial charge in [-0.1, -0.05) is 158 Å². The minimum Gasteiger partial charge on any atom is -0.311 e. The lowest BCUT2D eigenvalue weighted by Crippen LogP contribution is -2.60. The number of hydrogen-bond acceptors (Lipinski definition) is 3. The number of hydrogen-bond donors (Lipinski definition) is 0. The van der Waals surface area contributed by atoms with Gasteiger partial charge >= 0.3 is 0 Å². The number of benzene rings is 11. The Morgan fingerprint density at radius 2 is 0.736 bits per heavy atom. The van der Waals surface area contributed by atoms with Gasteiger partial charge in [-0.25, -0.2) is 0 Å². The first-order valence-electron chi connectivity index (χ1n) is 24.8. The molecule has 11 aromatic carbocycles. The van der Waals surface area contributed by atoms with Crippen LogP contribution in [-0.2, 0) is 0 Å². The molecule has 0 radical (unpaired) electrons. The first-order valence-corrected chi connectivity index (χ1v) is 24.8. The molecule has 0 bridgehead atoms. The molecule has 4 heterocycles. The maximum absolute atomic E-state index is 2.60. The quantitative estimate of drug-likeness (QED) is 0.142. The summed E-state index contributed by atoms with van der Waals surface area (Å²) in [4.78, 5) is 7.25. The Morgan fingerprint density at radius 1 is 0.278 bits per heavy atom. The molecule has 0 amide bonds. The summed E-state index contributed by atoms with van der Waals surface area (Å²) < 4.78 is 5.11. The second-order valence-electron chi connectivity index (χ2n) is 18.9. The predicted molar refractivity (Wildman–Crippen MR) is 304 cm³/mol. The standard InChI is InChI=1S/C66H44BN5/c1-6-21-45(22-7-1)68(46-23-8-2-9-24-46)50-37-39-54-53-31-16-18-35-59(53)71(61(54)41-50)52-43-63-65-64(44-52)72-62-42-51(69(47-25-10-3-11-26-47)48-27-12-4-13-28-48)38-40-55(62)56-32-20-34-58(66(56)72)67(65)57-33-17-19-36-60(57)70(63)49-29-14-5-15-30-49/h1-44H. The second kappa shape index (κ2) is 16.0. The molecule has 2 aromatic heterocycles. The van der Waals surface area contributed by atoms with Crippen LogP contribution in [0.2, 0.25) is 0 Å². The first-order chi connectivity index (χ1) is 35.8. The third-order valence-corrected chi connectivity index (χ3v) is 15.0. The van der Waals surface area contributed by atoms with Crippen molar-refractivity contribution in [2.45, 2.75) is 0 Å². The van der Waals surface area contributed by atoms with Crippen molar-refractivity contribution in [1.82, 2.24) is 9.13 Å². The largest absolute Gasteiger partial charge is 0.311 e. The van der Waals surface area contributed by atoms with Gasteiger partial charge in [-0.2, -0.15) is 0 Å². The van der Waals surface area contributed by atoms with E-state index >= 15 is 0 Å². The van der Waals surface area contributed by atoms with Crippen LogP contribution in [0.5, 0.6) is 0 Å². The highest BCUT2D eigenvalue weighted by atomic mass is 15.2. The molecule has 0 fully saturated rings. The van der Waals surface area contributed by atoms with Gasteiger partial charge in [-0.05, 0) is 126 Å². The van der Waals surface area contributed by atoms with E-state index in [-0.39, 0.29) is 6.71 Å². The zero-order valence-electron chi connectivity index (χ0n) is 39.2. The van der Waals surface area contributed by atoms with Gasteiger partial charge < -0.3 is 23.8 Å². The molecule has 5 nitrogen and oxygen atoms in total. The Labute approximate surface area is 418 Å². The van der Waals surface area contributed by atoms with Crippen molar-refractivity contribution in [2.75, 3.05) is 14.7 Å². The normalized spacial score (nSPS) is 12.4. The van der Waals surface area contributed by atoms with Gasteiger partial charge in [0.05, 0.1) is 22.2 Å². The number of anilines is 9. The Bertz CT molecular complexity index is 4150. The molecule has 0 spiro atoms. The maximum atomic E-state index is 2.60. The molecule has 0 unspecified atom stereocenters. The van der Waals surface area contributed by atoms with Crippen molar-refractivity contribution in [2.24, 2.45) is 0 Å². The van der Waals surface area contributed by atoms with E-state index in [1.165, 1.54) is 66.0 Å². The van der Waals surface area contributed by atoms with E-state index < -0.39 is 0 Å². The van der Waals surface area contributed by atoms with Crippen molar-refractivity contribution in [3.8, 4) is 11.4 Å². The molecular formula is C66H44BN5. The SMILES string of the molecule is c1ccc(N(c2ccccc2)c2ccc3c4ccccc4n(-c4cc5c6c(c4)-n4c7cc(N(c8ccccc8)c8ccccc8)ccc7c7cccc(c74)B6c4ccccc4N5c4ccccc4)c3c2)cc1. The molecule has 0 atom stereocenters. The molecule has 0 N–H and O–H groups in total. The fourth-order valence-electron chi connectivity index (χ4n) is 12.1. The Balaban J connectivity index is 1.06. The van der Waals surface area contributed by atoms with E-state index in [9.17, 15) is 0 Å². The maximum Gasteiger partial charge on any atom is 0.252 e. The molecule has 0 aliphatic carbocycles. The van der Waals surface area contributed by atoms with Crippen LogP contribution in [0.15, 0.2) is 267 Å². The lowest BCUT2D eigenvalue weighted by Gasteiger charge is -2.40. The summed E-state index contributed by atoms with van der Waals surface area (Å²) in [6.07, 6.45) is 0. The molecule has 15 rings (SSSR count). The van der Waals surface area contributed by atoms with Crippen molar-refractivity contribution in [1.29, 1.82) is 0 Å². The van der Waals surface area contributed by atoms with E-state index in [1.807, 2.05) is 0 Å². The average molecular weight is 918 g/mol. The van der Waals surface area contributed by atoms with Crippen molar-refractivity contribution in [3.63, 3.8) is 0 Å². The smallest absolute Gasteiger partial charge is 0.252 e. The minimum atomic E-state index is 0.000358. The van der Waals surface area contributed by atoms with Gasteiger partial charge in [0.1, 0.15) is 0 Å². The van der Waals surface area contributed by atoms with E-state index in [2.05, 4.69) is 291 Å². The number of aromatic nitrogens is 2. The summed E-state index contributed by atoms with van der Waals surface area (Å²) in [6, 6.07) is 97.7. The lowest BCUT2D eigenvalue weighted by atomic mass is 9.34. The zero-order valence-corrected chi connectivity index (χ0v) is 39.2. The summed E-state index contributed by atoms with van der Waals surface area (Å²) in [7, 11) is 0. The summed E-state index contributed by atoms with van der Waals surface area (Å²) in [5.41, 5.74) is 21.0. The Morgan fingerprint density at radius 3 is 1.35 bits per heavy atom. The molecule has 6 heteroatoms. The van der Waals surface area contributed by atoms with E-state index in [1.54, 1.807) is 0 Å². The zero-order chi connectivity index (χ0) is 47.3. The van der Waals surface area contributed by atoms with Gasteiger partial charge in [0.15, 0.2) is 0 Å². The summed E-state index contributed by atoms with van der Waals surface area (Å²) in [5, 5.41) is 4.90. The highest BCUT2D eigenvalue weighted by Crippen LogP contribution is 2.46. The highest BCUT2D eigenvalue weighted by molar-refractivity contribution is 7.00. The van der Waals surface area contributed by atoms with Crippen LogP contribution >= 0.6 is 0 Å². The fraction of sp³-hybridized carbons (Fsp3) is 0. The number of rotatable bonds is 8. The van der Waals surface area contributed by atoms with E-state index in [4.69, 9.17) is 0 Å². The van der Waals surface area contributed by atoms with Gasteiger partial charge in [0, 0.05) is 83.9 Å². The summed E-state index contributed by atoms with van der Waals surface area (Å²) in [6.45, 7) is 0.000358. The molecule has 336 valence electrons. The van der Waals surface area contributed by atoms with Crippen molar-refractivity contribution >= 4 is 118 Å². The highest BCUT2D eigenvalue weighted by Gasteiger charge is 2.42. The molecule has 13 aromatic rings. The van der Waals surface area contributed by atoms with E-state index in [0.717, 1.165) is 56.5 Å². The van der Waals surface area contributed by atoms with Gasteiger partial charge in [-0.15, -0.1) is 0 Å². The summed E-state index contributed by atoms with van der Waals surface area (Å²) >= 11 is 0. The van der Waals surface area contributed by atoms with Crippen LogP contribution in [0.1, 0.15) is 0 Å². The molecular weight excluding hydrogens is 874 g/mol. The van der Waals surface area contributed by atoms with Crippen LogP contribution in [-0.4, -0.2) is 15.8 Å². The molecule has 2 aliphatic heterocycles. The Hall–Kier alpha value is -9.52. The molecule has 0 saturated heterocycles. The second-order valence-corrected chi connectivity index (χ2v) is 18.9. The molecule has 72 heavy (non-hydrogen) atoms.